The number of halogens is 4. The van der Waals surface area contributed by atoms with E-state index in [2.05, 4.69) is 10.6 Å². The molecule has 0 atom stereocenters. The van der Waals surface area contributed by atoms with Gasteiger partial charge >= 0.3 is 6.18 Å². The minimum atomic E-state index is -4.34. The quantitative estimate of drug-likeness (QED) is 0.799. The van der Waals surface area contributed by atoms with Crippen molar-refractivity contribution in [1.82, 2.24) is 5.32 Å². The maximum Gasteiger partial charge on any atom is 0.416 e. The third-order valence-corrected chi connectivity index (χ3v) is 2.49. The van der Waals surface area contributed by atoms with Crippen LogP contribution in [0, 0.1) is 0 Å². The molecule has 17 heavy (non-hydrogen) atoms. The number of benzene rings is 1. The summed E-state index contributed by atoms with van der Waals surface area (Å²) in [6.07, 6.45) is -4.34. The lowest BCUT2D eigenvalue weighted by Crippen LogP contribution is -2.21. The fourth-order valence-corrected chi connectivity index (χ4v) is 1.48. The molecule has 1 aromatic carbocycles. The second-order valence-electron chi connectivity index (χ2n) is 3.47. The molecule has 2 nitrogen and oxygen atoms in total. The molecule has 0 unspecified atom stereocenters. The molecule has 0 aliphatic rings. The summed E-state index contributed by atoms with van der Waals surface area (Å²) in [6, 6.07) is 3.24. The number of rotatable bonds is 5. The van der Waals surface area contributed by atoms with Crippen molar-refractivity contribution in [2.75, 3.05) is 25.0 Å². The van der Waals surface area contributed by atoms with Crippen LogP contribution in [0.1, 0.15) is 12.5 Å². The van der Waals surface area contributed by atoms with Gasteiger partial charge in [0.05, 0.1) is 16.3 Å². The van der Waals surface area contributed by atoms with Crippen LogP contribution < -0.4 is 10.6 Å². The molecule has 1 rings (SSSR count). The van der Waals surface area contributed by atoms with Crippen molar-refractivity contribution in [3.63, 3.8) is 0 Å². The van der Waals surface area contributed by atoms with Gasteiger partial charge in [-0.25, -0.2) is 0 Å². The molecule has 1 aromatic rings. The summed E-state index contributed by atoms with van der Waals surface area (Å²) in [5, 5.41) is 6.21. The molecule has 0 aromatic heterocycles. The third kappa shape index (κ3) is 4.44. The first-order valence-electron chi connectivity index (χ1n) is 5.26. The van der Waals surface area contributed by atoms with E-state index in [9.17, 15) is 13.2 Å². The molecule has 0 spiro atoms. The smallest absolute Gasteiger partial charge is 0.383 e. The Balaban J connectivity index is 2.70. The second-order valence-corrected chi connectivity index (χ2v) is 3.88. The molecule has 0 fully saturated rings. The molecule has 6 heteroatoms. The third-order valence-electron chi connectivity index (χ3n) is 2.16. The van der Waals surface area contributed by atoms with E-state index in [1.165, 1.54) is 6.07 Å². The first-order chi connectivity index (χ1) is 7.95. The number of hydrogen-bond donors (Lipinski definition) is 2. The SMILES string of the molecule is CCNCCNc1cc(C(F)(F)F)ccc1Cl. The van der Waals surface area contributed by atoms with E-state index in [1.807, 2.05) is 6.92 Å². The van der Waals surface area contributed by atoms with Crippen LogP contribution in [0.25, 0.3) is 0 Å². The van der Waals surface area contributed by atoms with Crippen molar-refractivity contribution in [3.8, 4) is 0 Å². The van der Waals surface area contributed by atoms with E-state index < -0.39 is 11.7 Å². The molecule has 2 N–H and O–H groups in total. The lowest BCUT2D eigenvalue weighted by atomic mass is 10.2. The van der Waals surface area contributed by atoms with Crippen molar-refractivity contribution in [2.45, 2.75) is 13.1 Å². The molecule has 0 amide bonds. The molecular weight excluding hydrogens is 253 g/mol. The monoisotopic (exact) mass is 266 g/mol. The predicted molar refractivity (Wildman–Crippen MR) is 63.5 cm³/mol. The van der Waals surface area contributed by atoms with E-state index in [-0.39, 0.29) is 5.02 Å². The molecular formula is C11H14ClF3N2. The zero-order valence-corrected chi connectivity index (χ0v) is 10.1. The van der Waals surface area contributed by atoms with Crippen molar-refractivity contribution in [2.24, 2.45) is 0 Å². The summed E-state index contributed by atoms with van der Waals surface area (Å²) < 4.78 is 37.4. The zero-order valence-electron chi connectivity index (χ0n) is 9.37. The Bertz CT molecular complexity index is 366. The van der Waals surface area contributed by atoms with Crippen molar-refractivity contribution in [3.05, 3.63) is 28.8 Å². The fourth-order valence-electron chi connectivity index (χ4n) is 1.30. The second kappa shape index (κ2) is 6.12. The molecule has 0 aliphatic carbocycles. The Morgan fingerprint density at radius 2 is 1.94 bits per heavy atom. The van der Waals surface area contributed by atoms with Gasteiger partial charge in [0.1, 0.15) is 0 Å². The highest BCUT2D eigenvalue weighted by Gasteiger charge is 2.30. The Hall–Kier alpha value is -0.940. The summed E-state index contributed by atoms with van der Waals surface area (Å²) in [6.45, 7) is 3.97. The number of likely N-dealkylation sites (N-methyl/N-ethyl adjacent to an activating group) is 1. The summed E-state index contributed by atoms with van der Waals surface area (Å²) in [5.74, 6) is 0. The Kier molecular flexibility index (Phi) is 5.08. The maximum atomic E-state index is 12.5. The van der Waals surface area contributed by atoms with Gasteiger partial charge in [-0.3, -0.25) is 0 Å². The zero-order chi connectivity index (χ0) is 12.9. The van der Waals surface area contributed by atoms with Crippen LogP contribution in [-0.4, -0.2) is 19.6 Å². The van der Waals surface area contributed by atoms with Crippen molar-refractivity contribution in [1.29, 1.82) is 0 Å². The summed E-state index contributed by atoms with van der Waals surface area (Å²) >= 11 is 5.81. The van der Waals surface area contributed by atoms with E-state index in [0.29, 0.717) is 18.8 Å². The van der Waals surface area contributed by atoms with E-state index >= 15 is 0 Å². The highest BCUT2D eigenvalue weighted by Crippen LogP contribution is 2.33. The topological polar surface area (TPSA) is 24.1 Å². The Morgan fingerprint density at radius 1 is 1.24 bits per heavy atom. The first-order valence-corrected chi connectivity index (χ1v) is 5.64. The average Bonchev–Trinajstić information content (AvgIpc) is 2.25. The van der Waals surface area contributed by atoms with Gasteiger partial charge in [-0.05, 0) is 24.7 Å². The predicted octanol–water partition coefficient (Wildman–Crippen LogP) is 3.38. The number of nitrogens with one attached hydrogen (secondary N) is 2. The van der Waals surface area contributed by atoms with Gasteiger partial charge < -0.3 is 10.6 Å². The standard InChI is InChI=1S/C11H14ClF3N2/c1-2-16-5-6-17-10-7-8(11(13,14)15)3-4-9(10)12/h3-4,7,16-17H,2,5-6H2,1H3. The highest BCUT2D eigenvalue weighted by molar-refractivity contribution is 6.33. The maximum absolute atomic E-state index is 12.5. The number of anilines is 1. The van der Waals surface area contributed by atoms with E-state index in [4.69, 9.17) is 11.6 Å². The average molecular weight is 267 g/mol. The van der Waals surface area contributed by atoms with E-state index in [1.54, 1.807) is 0 Å². The lowest BCUT2D eigenvalue weighted by molar-refractivity contribution is -0.137. The van der Waals surface area contributed by atoms with Crippen LogP contribution in [0.2, 0.25) is 5.02 Å². The molecule has 96 valence electrons. The van der Waals surface area contributed by atoms with Crippen LogP contribution in [0.15, 0.2) is 18.2 Å². The molecule has 0 heterocycles. The largest absolute Gasteiger partial charge is 0.416 e. The highest BCUT2D eigenvalue weighted by atomic mass is 35.5. The lowest BCUT2D eigenvalue weighted by Gasteiger charge is -2.12. The number of hydrogen-bond acceptors (Lipinski definition) is 2. The Morgan fingerprint density at radius 3 is 2.53 bits per heavy atom. The minimum Gasteiger partial charge on any atom is -0.383 e. The van der Waals surface area contributed by atoms with Gasteiger partial charge in [0, 0.05) is 13.1 Å². The van der Waals surface area contributed by atoms with Gasteiger partial charge in [0.15, 0.2) is 0 Å². The van der Waals surface area contributed by atoms with Crippen LogP contribution >= 0.6 is 11.6 Å². The minimum absolute atomic E-state index is 0.287. The van der Waals surface area contributed by atoms with Gasteiger partial charge in [-0.15, -0.1) is 0 Å². The van der Waals surface area contributed by atoms with Crippen LogP contribution in [0.4, 0.5) is 18.9 Å². The fraction of sp³-hybridized carbons (Fsp3) is 0.455. The summed E-state index contributed by atoms with van der Waals surface area (Å²) in [5.41, 5.74) is -0.396. The normalized spacial score (nSPS) is 11.6. The summed E-state index contributed by atoms with van der Waals surface area (Å²) in [7, 11) is 0. The number of alkyl halides is 3. The van der Waals surface area contributed by atoms with Gasteiger partial charge in [-0.1, -0.05) is 18.5 Å². The van der Waals surface area contributed by atoms with Crippen LogP contribution in [0.3, 0.4) is 0 Å². The van der Waals surface area contributed by atoms with Crippen LogP contribution in [-0.2, 0) is 6.18 Å². The molecule has 0 saturated heterocycles. The van der Waals surface area contributed by atoms with Crippen molar-refractivity contribution < 1.29 is 13.2 Å². The first kappa shape index (κ1) is 14.1. The van der Waals surface area contributed by atoms with E-state index in [0.717, 1.165) is 18.7 Å². The van der Waals surface area contributed by atoms with Crippen LogP contribution in [0.5, 0.6) is 0 Å². The van der Waals surface area contributed by atoms with Gasteiger partial charge in [0.25, 0.3) is 0 Å². The molecule has 0 bridgehead atoms. The van der Waals surface area contributed by atoms with Gasteiger partial charge in [0.2, 0.25) is 0 Å². The summed E-state index contributed by atoms with van der Waals surface area (Å²) in [4.78, 5) is 0. The Labute approximate surface area is 103 Å². The van der Waals surface area contributed by atoms with Gasteiger partial charge in [-0.2, -0.15) is 13.2 Å². The van der Waals surface area contributed by atoms with Crippen molar-refractivity contribution >= 4 is 17.3 Å². The molecule has 0 aliphatic heterocycles. The molecule has 0 radical (unpaired) electrons. The molecule has 0 saturated carbocycles.